The lowest BCUT2D eigenvalue weighted by Gasteiger charge is -2.30. The van der Waals surface area contributed by atoms with Gasteiger partial charge in [0.1, 0.15) is 16.3 Å². The number of aromatic nitrogens is 1. The van der Waals surface area contributed by atoms with E-state index in [1.165, 1.54) is 37.6 Å². The van der Waals surface area contributed by atoms with Crippen LogP contribution in [-0.4, -0.2) is 68.4 Å². The minimum atomic E-state index is -4.00. The van der Waals surface area contributed by atoms with Crippen LogP contribution in [0, 0.1) is 6.92 Å². The number of fused-ring (bicyclic) bond motifs is 2. The number of benzene rings is 4. The van der Waals surface area contributed by atoms with Crippen LogP contribution >= 0.6 is 11.3 Å². The minimum Gasteiger partial charge on any atom is -0.497 e. The van der Waals surface area contributed by atoms with Gasteiger partial charge in [-0.3, -0.25) is 9.59 Å². The van der Waals surface area contributed by atoms with Crippen LogP contribution in [0.25, 0.3) is 31.8 Å². The second kappa shape index (κ2) is 15.9. The highest BCUT2D eigenvalue weighted by molar-refractivity contribution is 7.89. The lowest BCUT2D eigenvalue weighted by molar-refractivity contribution is -0.143. The number of amides is 1. The number of ether oxygens (including phenoxy) is 3. The van der Waals surface area contributed by atoms with Crippen molar-refractivity contribution in [3.63, 3.8) is 0 Å². The predicted molar refractivity (Wildman–Crippen MR) is 206 cm³/mol. The van der Waals surface area contributed by atoms with E-state index < -0.39 is 34.7 Å². The van der Waals surface area contributed by atoms with Gasteiger partial charge in [-0.25, -0.2) is 13.4 Å². The molecule has 0 aliphatic carbocycles. The van der Waals surface area contributed by atoms with Gasteiger partial charge >= 0.3 is 0 Å². The second-order valence-electron chi connectivity index (χ2n) is 12.6. The number of nitrogens with zero attached hydrogens (tertiary/aromatic N) is 2. The van der Waals surface area contributed by atoms with E-state index in [-0.39, 0.29) is 42.2 Å². The van der Waals surface area contributed by atoms with Crippen molar-refractivity contribution in [1.29, 1.82) is 0 Å². The molecule has 2 N–H and O–H groups in total. The van der Waals surface area contributed by atoms with Crippen LogP contribution in [0.4, 0.5) is 5.69 Å². The number of rotatable bonds is 13. The third-order valence-electron chi connectivity index (χ3n) is 9.01. The molecule has 3 heterocycles. The number of methoxy groups -OCH3 is 1. The number of thiazole rings is 1. The first-order valence-corrected chi connectivity index (χ1v) is 19.4. The molecule has 1 aliphatic heterocycles. The Kier molecular flexibility index (Phi) is 10.9. The monoisotopic (exact) mass is 767 g/mol. The maximum Gasteiger partial charge on any atom is 0.290 e. The Bertz CT molecular complexity index is 2500. The summed E-state index contributed by atoms with van der Waals surface area (Å²) in [6.07, 6.45) is 2.06. The van der Waals surface area contributed by atoms with Crippen molar-refractivity contribution in [2.45, 2.75) is 30.4 Å². The third kappa shape index (κ3) is 7.93. The Morgan fingerprint density at radius 1 is 1.04 bits per heavy atom. The van der Waals surface area contributed by atoms with Crippen molar-refractivity contribution in [3.05, 3.63) is 130 Å². The summed E-state index contributed by atoms with van der Waals surface area (Å²) in [5, 5.41) is 13.8. The lowest BCUT2D eigenvalue weighted by atomic mass is 9.93. The number of allylic oxidation sites excluding steroid dienone is 1. The molecule has 7 rings (SSSR count). The van der Waals surface area contributed by atoms with E-state index in [9.17, 15) is 23.1 Å². The molecule has 2 atom stereocenters. The number of anilines is 1. The Hall–Kier alpha value is -5.38. The Morgan fingerprint density at radius 3 is 2.57 bits per heavy atom. The topological polar surface area (TPSA) is 157 Å². The molecule has 2 aromatic heterocycles. The molecule has 0 spiro atoms. The van der Waals surface area contributed by atoms with Gasteiger partial charge in [0, 0.05) is 42.2 Å². The number of sulfonamides is 1. The summed E-state index contributed by atoms with van der Waals surface area (Å²) < 4.78 is 52.1. The number of carbonyl (C=O) groups is 1. The third-order valence-corrected chi connectivity index (χ3v) is 12.0. The Balaban J connectivity index is 1.10. The normalized spacial score (nSPS) is 16.0. The van der Waals surface area contributed by atoms with E-state index >= 15 is 0 Å². The van der Waals surface area contributed by atoms with Gasteiger partial charge in [-0.1, -0.05) is 18.2 Å². The molecule has 278 valence electrons. The zero-order valence-corrected chi connectivity index (χ0v) is 31.1. The molecule has 0 saturated heterocycles. The van der Waals surface area contributed by atoms with E-state index in [1.54, 1.807) is 53.8 Å². The fourth-order valence-corrected chi connectivity index (χ4v) is 8.66. The first-order chi connectivity index (χ1) is 26.1. The molecule has 1 aliphatic rings. The lowest BCUT2D eigenvalue weighted by Crippen LogP contribution is -2.38. The zero-order chi connectivity index (χ0) is 37.8. The summed E-state index contributed by atoms with van der Waals surface area (Å²) in [7, 11) is -2.51. The smallest absolute Gasteiger partial charge is 0.290 e. The SMILES string of the molecule is COc1ccc(S(=O)(=O)N(CCO)CCO[C@@H]2C[C@H](c3coc4ccccc4c3=O)C=C(C(=O)Nc3ccc(-c4nc5ccc(C)cc5s4)cc3)O2)cc1. The average Bonchev–Trinajstić information content (AvgIpc) is 3.61. The summed E-state index contributed by atoms with van der Waals surface area (Å²) in [5.41, 5.74) is 3.99. The average molecular weight is 768 g/mol. The van der Waals surface area contributed by atoms with Gasteiger partial charge in [-0.15, -0.1) is 11.3 Å². The molecule has 0 unspecified atom stereocenters. The Morgan fingerprint density at radius 2 is 1.81 bits per heavy atom. The van der Waals surface area contributed by atoms with Crippen molar-refractivity contribution >= 4 is 54.1 Å². The van der Waals surface area contributed by atoms with Crippen LogP contribution < -0.4 is 15.5 Å². The number of aliphatic hydroxyl groups excluding tert-OH is 1. The van der Waals surface area contributed by atoms with Gasteiger partial charge in [0.2, 0.25) is 16.3 Å². The standard InChI is InChI=1S/C40H37N3O9S2/c1-25-7-16-33-36(21-25)53-40(42-33)26-8-10-28(11-9-26)41-39(46)35-22-27(32-24-51-34-6-4-3-5-31(34)38(32)45)23-37(52-35)50-20-18-43(17-19-44)54(47,48)30-14-12-29(49-2)13-15-30/h3-16,21-22,24,27,37,44H,17-20,23H2,1-2H3,(H,41,46)/t27-,37+/m1/s1. The number of carbonyl (C=O) groups excluding carboxylic acids is 1. The van der Waals surface area contributed by atoms with Gasteiger partial charge in [0.25, 0.3) is 5.91 Å². The molecule has 4 aromatic carbocycles. The second-order valence-corrected chi connectivity index (χ2v) is 15.6. The van der Waals surface area contributed by atoms with Crippen LogP contribution in [0.15, 0.2) is 123 Å². The largest absolute Gasteiger partial charge is 0.497 e. The Labute approximate surface area is 315 Å². The number of hydrogen-bond donors (Lipinski definition) is 2. The molecular weight excluding hydrogens is 731 g/mol. The highest BCUT2D eigenvalue weighted by Crippen LogP contribution is 2.33. The first-order valence-electron chi connectivity index (χ1n) is 17.2. The van der Waals surface area contributed by atoms with Crippen molar-refractivity contribution < 1.29 is 36.9 Å². The molecule has 0 radical (unpaired) electrons. The highest BCUT2D eigenvalue weighted by atomic mass is 32.2. The quantitative estimate of drug-likeness (QED) is 0.134. The summed E-state index contributed by atoms with van der Waals surface area (Å²) in [6.45, 7) is 1.20. The van der Waals surface area contributed by atoms with E-state index in [1.807, 2.05) is 31.2 Å². The van der Waals surface area contributed by atoms with Gasteiger partial charge in [-0.2, -0.15) is 4.31 Å². The number of aliphatic hydroxyl groups is 1. The highest BCUT2D eigenvalue weighted by Gasteiger charge is 2.32. The zero-order valence-electron chi connectivity index (χ0n) is 29.4. The van der Waals surface area contributed by atoms with Crippen molar-refractivity contribution in [2.75, 3.05) is 38.7 Å². The molecule has 14 heteroatoms. The van der Waals surface area contributed by atoms with E-state index in [4.69, 9.17) is 23.6 Å². The predicted octanol–water partition coefficient (Wildman–Crippen LogP) is 6.44. The first kappa shape index (κ1) is 37.0. The maximum atomic E-state index is 13.7. The van der Waals surface area contributed by atoms with Crippen molar-refractivity contribution in [3.8, 4) is 16.3 Å². The fraction of sp³-hybridized carbons (Fsp3) is 0.225. The van der Waals surface area contributed by atoms with Crippen LogP contribution in [0.5, 0.6) is 5.75 Å². The van der Waals surface area contributed by atoms with E-state index in [0.29, 0.717) is 28.0 Å². The maximum absolute atomic E-state index is 13.7. The van der Waals surface area contributed by atoms with Crippen LogP contribution in [-0.2, 0) is 24.3 Å². The number of hydrogen-bond acceptors (Lipinski definition) is 11. The van der Waals surface area contributed by atoms with Gasteiger partial charge in [-0.05, 0) is 91.4 Å². The molecule has 0 saturated carbocycles. The summed E-state index contributed by atoms with van der Waals surface area (Å²) >= 11 is 1.59. The molecule has 1 amide bonds. The summed E-state index contributed by atoms with van der Waals surface area (Å²) in [6, 6.07) is 26.2. The molecule has 54 heavy (non-hydrogen) atoms. The van der Waals surface area contributed by atoms with Crippen LogP contribution in [0.2, 0.25) is 0 Å². The summed E-state index contributed by atoms with van der Waals surface area (Å²) in [4.78, 5) is 32.1. The molecule has 0 bridgehead atoms. The van der Waals surface area contributed by atoms with E-state index in [2.05, 4.69) is 11.4 Å². The van der Waals surface area contributed by atoms with Gasteiger partial charge in [0.05, 0.1) is 47.1 Å². The van der Waals surface area contributed by atoms with Crippen molar-refractivity contribution in [2.24, 2.45) is 0 Å². The van der Waals surface area contributed by atoms with Gasteiger partial charge < -0.3 is 29.1 Å². The van der Waals surface area contributed by atoms with Gasteiger partial charge in [0.15, 0.2) is 11.2 Å². The molecule has 6 aromatic rings. The van der Waals surface area contributed by atoms with Crippen LogP contribution in [0.3, 0.4) is 0 Å². The molecule has 0 fully saturated rings. The van der Waals surface area contributed by atoms with Crippen LogP contribution in [0.1, 0.15) is 23.5 Å². The minimum absolute atomic E-state index is 0.0267. The summed E-state index contributed by atoms with van der Waals surface area (Å²) in [5.74, 6) is -0.773. The van der Waals surface area contributed by atoms with Crippen molar-refractivity contribution in [1.82, 2.24) is 9.29 Å². The number of aryl methyl sites for hydroxylation is 1. The molecule has 12 nitrogen and oxygen atoms in total. The fourth-order valence-electron chi connectivity index (χ4n) is 6.17. The number of para-hydroxylation sites is 1. The molecular formula is C40H37N3O9S2. The number of nitrogens with one attached hydrogen (secondary N) is 1. The van der Waals surface area contributed by atoms with E-state index in [0.717, 1.165) is 30.7 Å².